The van der Waals surface area contributed by atoms with Crippen LogP contribution in [0.4, 0.5) is 0 Å². The Labute approximate surface area is 177 Å². The summed E-state index contributed by atoms with van der Waals surface area (Å²) in [7, 11) is 0. The Morgan fingerprint density at radius 1 is 1.21 bits per heavy atom. The number of thiophene rings is 1. The van der Waals surface area contributed by atoms with Gasteiger partial charge in [0.15, 0.2) is 0 Å². The molecule has 4 nitrogen and oxygen atoms in total. The van der Waals surface area contributed by atoms with Crippen molar-refractivity contribution < 1.29 is 4.79 Å². The van der Waals surface area contributed by atoms with E-state index in [1.807, 2.05) is 71.7 Å². The highest BCUT2D eigenvalue weighted by atomic mass is 32.2. The van der Waals surface area contributed by atoms with Crippen LogP contribution in [0.5, 0.6) is 0 Å². The summed E-state index contributed by atoms with van der Waals surface area (Å²) in [5, 5.41) is 6.83. The summed E-state index contributed by atoms with van der Waals surface area (Å²) < 4.78 is 2.48. The van der Waals surface area contributed by atoms with E-state index in [0.717, 1.165) is 28.2 Å². The van der Waals surface area contributed by atoms with Gasteiger partial charge < -0.3 is 0 Å². The molecule has 3 heterocycles. The zero-order valence-corrected chi connectivity index (χ0v) is 18.0. The van der Waals surface area contributed by atoms with Crippen molar-refractivity contribution in [3.05, 3.63) is 64.5 Å². The van der Waals surface area contributed by atoms with E-state index in [0.29, 0.717) is 9.23 Å². The number of thioether (sulfide) groups is 1. The predicted octanol–water partition coefficient (Wildman–Crippen LogP) is 5.60. The highest BCUT2D eigenvalue weighted by molar-refractivity contribution is 8.26. The predicted molar refractivity (Wildman–Crippen MR) is 122 cm³/mol. The van der Waals surface area contributed by atoms with Crippen LogP contribution in [0.15, 0.2) is 58.9 Å². The molecule has 1 fully saturated rings. The summed E-state index contributed by atoms with van der Waals surface area (Å²) in [6.45, 7) is 4.09. The molecule has 0 N–H and O–H groups in total. The Morgan fingerprint density at radius 3 is 2.68 bits per heavy atom. The van der Waals surface area contributed by atoms with Gasteiger partial charge in [0.25, 0.3) is 5.91 Å². The van der Waals surface area contributed by atoms with Crippen molar-refractivity contribution in [2.24, 2.45) is 0 Å². The van der Waals surface area contributed by atoms with Crippen LogP contribution < -0.4 is 0 Å². The molecule has 142 valence electrons. The Morgan fingerprint density at radius 2 is 2.00 bits per heavy atom. The molecular weight excluding hydrogens is 406 g/mol. The van der Waals surface area contributed by atoms with Crippen molar-refractivity contribution >= 4 is 51.6 Å². The zero-order valence-electron chi connectivity index (χ0n) is 15.5. The number of benzene rings is 1. The van der Waals surface area contributed by atoms with Crippen molar-refractivity contribution in [3.8, 4) is 16.3 Å². The van der Waals surface area contributed by atoms with Crippen LogP contribution in [0.1, 0.15) is 25.8 Å². The van der Waals surface area contributed by atoms with E-state index < -0.39 is 0 Å². The number of carbonyl (C=O) groups excluding carboxylic acids is 1. The molecule has 0 spiro atoms. The topological polar surface area (TPSA) is 38.1 Å². The maximum atomic E-state index is 12.9. The van der Waals surface area contributed by atoms with E-state index >= 15 is 0 Å². The van der Waals surface area contributed by atoms with Gasteiger partial charge in [-0.25, -0.2) is 4.68 Å². The van der Waals surface area contributed by atoms with Crippen molar-refractivity contribution in [1.29, 1.82) is 0 Å². The Bertz CT molecular complexity index is 1040. The minimum absolute atomic E-state index is 0.0195. The van der Waals surface area contributed by atoms with Crippen LogP contribution in [0.2, 0.25) is 0 Å². The highest BCUT2D eigenvalue weighted by Crippen LogP contribution is 2.36. The van der Waals surface area contributed by atoms with Crippen LogP contribution in [0, 0.1) is 0 Å². The summed E-state index contributed by atoms with van der Waals surface area (Å²) in [5.74, 6) is -0.0195. The fourth-order valence-electron chi connectivity index (χ4n) is 2.99. The Balaban J connectivity index is 1.77. The third-order valence-corrected chi connectivity index (χ3v) is 6.87. The molecule has 0 aliphatic carbocycles. The number of thiocarbonyl (C=S) groups is 1. The maximum absolute atomic E-state index is 12.9. The third-order valence-electron chi connectivity index (χ3n) is 4.66. The van der Waals surface area contributed by atoms with Crippen LogP contribution in [0.3, 0.4) is 0 Å². The average molecular weight is 426 g/mol. The number of hydrogen-bond donors (Lipinski definition) is 0. The number of rotatable bonds is 5. The van der Waals surface area contributed by atoms with Gasteiger partial charge in [0.1, 0.15) is 10.0 Å². The van der Waals surface area contributed by atoms with Crippen LogP contribution in [0.25, 0.3) is 22.3 Å². The molecule has 4 rings (SSSR count). The smallest absolute Gasteiger partial charge is 0.266 e. The molecule has 0 unspecified atom stereocenters. The number of carbonyl (C=O) groups is 1. The van der Waals surface area contributed by atoms with Gasteiger partial charge in [-0.05, 0) is 43.0 Å². The van der Waals surface area contributed by atoms with Crippen LogP contribution in [-0.4, -0.2) is 30.9 Å². The molecule has 1 aromatic carbocycles. The molecule has 7 heteroatoms. The van der Waals surface area contributed by atoms with Gasteiger partial charge in [-0.2, -0.15) is 5.10 Å². The molecule has 1 aliphatic heterocycles. The lowest BCUT2D eigenvalue weighted by Gasteiger charge is -2.21. The summed E-state index contributed by atoms with van der Waals surface area (Å²) in [6.07, 6.45) is 4.76. The summed E-state index contributed by atoms with van der Waals surface area (Å²) >= 11 is 8.46. The number of amides is 1. The van der Waals surface area contributed by atoms with Crippen molar-refractivity contribution in [1.82, 2.24) is 14.7 Å². The SMILES string of the molecule is CC[C@@H](C)N1C(=O)/C(=C\c2cn(-c3ccccc3)nc2-c2cccs2)SC1=S. The quantitative estimate of drug-likeness (QED) is 0.394. The first-order chi connectivity index (χ1) is 13.6. The molecule has 3 aromatic rings. The van der Waals surface area contributed by atoms with E-state index in [1.165, 1.54) is 11.8 Å². The molecule has 1 saturated heterocycles. The standard InChI is InChI=1S/C21H19N3OS3/c1-3-14(2)24-20(25)18(28-21(24)26)12-15-13-23(16-8-5-4-6-9-16)22-19(15)17-10-7-11-27-17/h4-14H,3H2,1-2H3/b18-12+/t14-/m1/s1. The second-order valence-electron chi connectivity index (χ2n) is 6.50. The Kier molecular flexibility index (Phi) is 5.48. The van der Waals surface area contributed by atoms with Gasteiger partial charge in [0.05, 0.1) is 15.5 Å². The largest absolute Gasteiger partial charge is 0.290 e. The van der Waals surface area contributed by atoms with Gasteiger partial charge in [-0.3, -0.25) is 9.69 Å². The fraction of sp³-hybridized carbons (Fsp3) is 0.190. The van der Waals surface area contributed by atoms with Crippen LogP contribution in [-0.2, 0) is 4.79 Å². The first-order valence-electron chi connectivity index (χ1n) is 9.04. The summed E-state index contributed by atoms with van der Waals surface area (Å²) in [6, 6.07) is 14.1. The monoisotopic (exact) mass is 425 g/mol. The number of para-hydroxylation sites is 1. The van der Waals surface area contributed by atoms with E-state index in [4.69, 9.17) is 17.3 Å². The van der Waals surface area contributed by atoms with Gasteiger partial charge in [0.2, 0.25) is 0 Å². The first-order valence-corrected chi connectivity index (χ1v) is 11.1. The van der Waals surface area contributed by atoms with Gasteiger partial charge in [-0.15, -0.1) is 11.3 Å². The van der Waals surface area contributed by atoms with E-state index in [9.17, 15) is 4.79 Å². The summed E-state index contributed by atoms with van der Waals surface area (Å²) in [5.41, 5.74) is 2.76. The average Bonchev–Trinajstić information content (AvgIpc) is 3.42. The lowest BCUT2D eigenvalue weighted by Crippen LogP contribution is -2.36. The van der Waals surface area contributed by atoms with Crippen molar-refractivity contribution in [3.63, 3.8) is 0 Å². The van der Waals surface area contributed by atoms with Crippen LogP contribution >= 0.6 is 35.3 Å². The molecule has 1 amide bonds. The molecule has 28 heavy (non-hydrogen) atoms. The molecule has 0 saturated carbocycles. The Hall–Kier alpha value is -2.22. The molecule has 0 bridgehead atoms. The molecular formula is C21H19N3OS3. The second-order valence-corrected chi connectivity index (χ2v) is 9.12. The van der Waals surface area contributed by atoms with E-state index in [1.54, 1.807) is 16.2 Å². The van der Waals surface area contributed by atoms with E-state index in [-0.39, 0.29) is 11.9 Å². The number of hydrogen-bond acceptors (Lipinski definition) is 5. The summed E-state index contributed by atoms with van der Waals surface area (Å²) in [4.78, 5) is 16.4. The third kappa shape index (κ3) is 3.57. The molecule has 0 radical (unpaired) electrons. The lowest BCUT2D eigenvalue weighted by atomic mass is 10.2. The van der Waals surface area contributed by atoms with Gasteiger partial charge in [-0.1, -0.05) is 55.2 Å². The number of aromatic nitrogens is 2. The molecule has 1 atom stereocenters. The lowest BCUT2D eigenvalue weighted by molar-refractivity contribution is -0.123. The zero-order chi connectivity index (χ0) is 19.7. The molecule has 1 aliphatic rings. The minimum Gasteiger partial charge on any atom is -0.290 e. The van der Waals surface area contributed by atoms with Gasteiger partial charge >= 0.3 is 0 Å². The first kappa shape index (κ1) is 19.1. The minimum atomic E-state index is -0.0195. The fourth-order valence-corrected chi connectivity index (χ4v) is 5.18. The van der Waals surface area contributed by atoms with Gasteiger partial charge in [0, 0.05) is 17.8 Å². The van der Waals surface area contributed by atoms with E-state index in [2.05, 4.69) is 6.92 Å². The maximum Gasteiger partial charge on any atom is 0.266 e. The second kappa shape index (κ2) is 8.03. The van der Waals surface area contributed by atoms with Crippen molar-refractivity contribution in [2.75, 3.05) is 0 Å². The molecule has 2 aromatic heterocycles. The highest BCUT2D eigenvalue weighted by Gasteiger charge is 2.35. The normalized spacial score (nSPS) is 16.9. The van der Waals surface area contributed by atoms with Crippen molar-refractivity contribution in [2.45, 2.75) is 26.3 Å². The number of nitrogens with zero attached hydrogens (tertiary/aromatic N) is 3.